The zero-order chi connectivity index (χ0) is 14.6. The Hall–Kier alpha value is -0.480. The van der Waals surface area contributed by atoms with E-state index in [1.54, 1.807) is 6.07 Å². The van der Waals surface area contributed by atoms with Gasteiger partial charge in [0.25, 0.3) is 0 Å². The van der Waals surface area contributed by atoms with E-state index in [1.165, 1.54) is 0 Å². The minimum Gasteiger partial charge on any atom is -0.355 e. The quantitative estimate of drug-likeness (QED) is 0.872. The van der Waals surface area contributed by atoms with Crippen molar-refractivity contribution in [3.05, 3.63) is 33.8 Å². The summed E-state index contributed by atoms with van der Waals surface area (Å²) in [6.07, 6.45) is 2.70. The lowest BCUT2D eigenvalue weighted by Crippen LogP contribution is -2.49. The summed E-state index contributed by atoms with van der Waals surface area (Å²) in [6.45, 7) is 4.36. The van der Waals surface area contributed by atoms with Gasteiger partial charge in [-0.25, -0.2) is 0 Å². The molecule has 0 aromatic heterocycles. The zero-order valence-electron chi connectivity index (χ0n) is 12.0. The first-order valence-electron chi connectivity index (χ1n) is 6.94. The SMILES string of the molecule is CC1(C(=O)NCCc2ccc(Cl)cc2Cl)CCCNC1.Cl. The Balaban J connectivity index is 0.00000220. The summed E-state index contributed by atoms with van der Waals surface area (Å²) in [5.41, 5.74) is 0.713. The van der Waals surface area contributed by atoms with Crippen LogP contribution in [0.4, 0.5) is 0 Å². The van der Waals surface area contributed by atoms with E-state index in [2.05, 4.69) is 10.6 Å². The van der Waals surface area contributed by atoms with Gasteiger partial charge in [0, 0.05) is 23.1 Å². The average molecular weight is 352 g/mol. The Labute approximate surface area is 142 Å². The maximum Gasteiger partial charge on any atom is 0.227 e. The summed E-state index contributed by atoms with van der Waals surface area (Å²) >= 11 is 12.0. The molecule has 1 aromatic rings. The number of piperidine rings is 1. The molecule has 1 aliphatic heterocycles. The number of halogens is 3. The summed E-state index contributed by atoms with van der Waals surface area (Å²) in [5, 5.41) is 7.57. The molecule has 1 fully saturated rings. The summed E-state index contributed by atoms with van der Waals surface area (Å²) in [7, 11) is 0. The standard InChI is InChI=1S/C15H20Cl2N2O.ClH/c1-15(6-2-7-18-10-15)14(20)19-8-5-11-3-4-12(16)9-13(11)17;/h3-4,9,18H,2,5-8,10H2,1H3,(H,19,20);1H. The molecule has 2 N–H and O–H groups in total. The molecule has 3 nitrogen and oxygen atoms in total. The van der Waals surface area contributed by atoms with Crippen LogP contribution in [0.15, 0.2) is 18.2 Å². The lowest BCUT2D eigenvalue weighted by Gasteiger charge is -2.32. The van der Waals surface area contributed by atoms with Gasteiger partial charge in [0.05, 0.1) is 5.41 Å². The normalized spacial score (nSPS) is 21.5. The fourth-order valence-electron chi connectivity index (χ4n) is 2.50. The first-order chi connectivity index (χ1) is 9.51. The van der Waals surface area contributed by atoms with Crippen LogP contribution < -0.4 is 10.6 Å². The molecule has 118 valence electrons. The minimum atomic E-state index is -0.290. The first-order valence-corrected chi connectivity index (χ1v) is 7.70. The summed E-state index contributed by atoms with van der Waals surface area (Å²) in [4.78, 5) is 12.2. The van der Waals surface area contributed by atoms with E-state index in [9.17, 15) is 4.79 Å². The topological polar surface area (TPSA) is 41.1 Å². The van der Waals surface area contributed by atoms with Gasteiger partial charge in [0.2, 0.25) is 5.91 Å². The second-order valence-corrected chi connectivity index (χ2v) is 6.43. The van der Waals surface area contributed by atoms with Gasteiger partial charge >= 0.3 is 0 Å². The van der Waals surface area contributed by atoms with E-state index in [1.807, 2.05) is 19.1 Å². The van der Waals surface area contributed by atoms with Crippen molar-refractivity contribution in [2.45, 2.75) is 26.2 Å². The van der Waals surface area contributed by atoms with Crippen molar-refractivity contribution >= 4 is 41.5 Å². The van der Waals surface area contributed by atoms with Crippen LogP contribution in [0.1, 0.15) is 25.3 Å². The van der Waals surface area contributed by atoms with Crippen LogP contribution in [-0.4, -0.2) is 25.5 Å². The second-order valence-electron chi connectivity index (χ2n) is 5.58. The smallest absolute Gasteiger partial charge is 0.227 e. The van der Waals surface area contributed by atoms with Gasteiger partial charge < -0.3 is 10.6 Å². The van der Waals surface area contributed by atoms with Crippen molar-refractivity contribution in [1.29, 1.82) is 0 Å². The number of hydrogen-bond donors (Lipinski definition) is 2. The Morgan fingerprint density at radius 3 is 2.81 bits per heavy atom. The lowest BCUT2D eigenvalue weighted by molar-refractivity contribution is -0.131. The van der Waals surface area contributed by atoms with E-state index >= 15 is 0 Å². The summed E-state index contributed by atoms with van der Waals surface area (Å²) < 4.78 is 0. The molecular weight excluding hydrogens is 331 g/mol. The molecule has 1 aliphatic rings. The van der Waals surface area contributed by atoms with Crippen LogP contribution in [0.5, 0.6) is 0 Å². The number of nitrogens with one attached hydrogen (secondary N) is 2. The largest absolute Gasteiger partial charge is 0.355 e. The van der Waals surface area contributed by atoms with Crippen LogP contribution in [0, 0.1) is 5.41 Å². The fraction of sp³-hybridized carbons (Fsp3) is 0.533. The van der Waals surface area contributed by atoms with Crippen LogP contribution in [0.25, 0.3) is 0 Å². The molecule has 0 bridgehead atoms. The van der Waals surface area contributed by atoms with Gasteiger partial charge in [-0.2, -0.15) is 0 Å². The highest BCUT2D eigenvalue weighted by Crippen LogP contribution is 2.25. The Kier molecular flexibility index (Phi) is 7.28. The molecule has 1 amide bonds. The van der Waals surface area contributed by atoms with Gasteiger partial charge in [-0.1, -0.05) is 29.3 Å². The van der Waals surface area contributed by atoms with Gasteiger partial charge in [-0.05, 0) is 50.4 Å². The van der Waals surface area contributed by atoms with Crippen molar-refractivity contribution in [1.82, 2.24) is 10.6 Å². The van der Waals surface area contributed by atoms with Crippen molar-refractivity contribution in [3.63, 3.8) is 0 Å². The molecule has 0 saturated carbocycles. The minimum absolute atomic E-state index is 0. The van der Waals surface area contributed by atoms with E-state index in [0.29, 0.717) is 23.0 Å². The Bertz CT molecular complexity index is 488. The van der Waals surface area contributed by atoms with Crippen molar-refractivity contribution in [2.75, 3.05) is 19.6 Å². The van der Waals surface area contributed by atoms with Crippen LogP contribution in [0.2, 0.25) is 10.0 Å². The fourth-order valence-corrected chi connectivity index (χ4v) is 3.00. The maximum atomic E-state index is 12.2. The monoisotopic (exact) mass is 350 g/mol. The highest BCUT2D eigenvalue weighted by Gasteiger charge is 2.34. The Morgan fingerprint density at radius 1 is 1.43 bits per heavy atom. The number of carbonyl (C=O) groups is 1. The maximum absolute atomic E-state index is 12.2. The van der Waals surface area contributed by atoms with E-state index in [-0.39, 0.29) is 23.7 Å². The zero-order valence-corrected chi connectivity index (χ0v) is 14.4. The molecule has 0 radical (unpaired) electrons. The average Bonchev–Trinajstić information content (AvgIpc) is 2.42. The number of carbonyl (C=O) groups excluding carboxylic acids is 1. The van der Waals surface area contributed by atoms with Gasteiger partial charge in [0.15, 0.2) is 0 Å². The lowest BCUT2D eigenvalue weighted by atomic mass is 9.82. The molecule has 1 saturated heterocycles. The molecule has 1 unspecified atom stereocenters. The van der Waals surface area contributed by atoms with E-state index < -0.39 is 0 Å². The molecule has 21 heavy (non-hydrogen) atoms. The summed E-state index contributed by atoms with van der Waals surface area (Å²) in [6, 6.07) is 5.45. The third-order valence-corrected chi connectivity index (χ3v) is 4.43. The molecule has 0 aliphatic carbocycles. The third kappa shape index (κ3) is 5.03. The second kappa shape index (κ2) is 8.23. The van der Waals surface area contributed by atoms with E-state index in [4.69, 9.17) is 23.2 Å². The molecule has 1 aromatic carbocycles. The molecule has 2 rings (SSSR count). The van der Waals surface area contributed by atoms with Gasteiger partial charge in [0.1, 0.15) is 0 Å². The van der Waals surface area contributed by atoms with Gasteiger partial charge in [-0.3, -0.25) is 4.79 Å². The number of rotatable bonds is 4. The van der Waals surface area contributed by atoms with Crippen molar-refractivity contribution < 1.29 is 4.79 Å². The predicted molar refractivity (Wildman–Crippen MR) is 90.6 cm³/mol. The number of hydrogen-bond acceptors (Lipinski definition) is 2. The number of amides is 1. The molecule has 0 spiro atoms. The van der Waals surface area contributed by atoms with Crippen molar-refractivity contribution in [2.24, 2.45) is 5.41 Å². The molecule has 1 atom stereocenters. The molecular formula is C15H21Cl3N2O. The highest BCUT2D eigenvalue weighted by atomic mass is 35.5. The van der Waals surface area contributed by atoms with Gasteiger partial charge in [-0.15, -0.1) is 12.4 Å². The Morgan fingerprint density at radius 2 is 2.19 bits per heavy atom. The van der Waals surface area contributed by atoms with Crippen LogP contribution in [-0.2, 0) is 11.2 Å². The van der Waals surface area contributed by atoms with Crippen molar-refractivity contribution in [3.8, 4) is 0 Å². The number of benzene rings is 1. The third-order valence-electron chi connectivity index (χ3n) is 3.84. The first kappa shape index (κ1) is 18.6. The molecule has 6 heteroatoms. The summed E-state index contributed by atoms with van der Waals surface area (Å²) in [5.74, 6) is 0.120. The van der Waals surface area contributed by atoms with E-state index in [0.717, 1.165) is 31.5 Å². The molecule has 1 heterocycles. The predicted octanol–water partition coefficient (Wildman–Crippen LogP) is 3.46. The van der Waals surface area contributed by atoms with Crippen LogP contribution >= 0.6 is 35.6 Å². The van der Waals surface area contributed by atoms with Crippen LogP contribution in [0.3, 0.4) is 0 Å². The highest BCUT2D eigenvalue weighted by molar-refractivity contribution is 6.35.